The number of carbonyl (C=O) groups excluding carboxylic acids is 1. The summed E-state index contributed by atoms with van der Waals surface area (Å²) in [5.74, 6) is 0.752. The Morgan fingerprint density at radius 3 is 2.74 bits per heavy atom. The lowest BCUT2D eigenvalue weighted by atomic mass is 9.91. The van der Waals surface area contributed by atoms with Crippen LogP contribution in [0.3, 0.4) is 0 Å². The van der Waals surface area contributed by atoms with E-state index in [-0.39, 0.29) is 17.6 Å². The molecule has 1 aromatic heterocycles. The summed E-state index contributed by atoms with van der Waals surface area (Å²) in [5, 5.41) is 0. The third-order valence-corrected chi connectivity index (χ3v) is 5.77. The molecular formula is C25H26FN3O2. The number of carbonyl (C=O) groups is 1. The first kappa shape index (κ1) is 21.0. The van der Waals surface area contributed by atoms with Crippen LogP contribution in [0.5, 0.6) is 5.75 Å². The third kappa shape index (κ3) is 5.08. The maximum Gasteiger partial charge on any atom is 0.222 e. The van der Waals surface area contributed by atoms with Crippen molar-refractivity contribution in [3.8, 4) is 17.0 Å². The van der Waals surface area contributed by atoms with Gasteiger partial charge in [-0.3, -0.25) is 14.8 Å². The largest absolute Gasteiger partial charge is 0.497 e. The van der Waals surface area contributed by atoms with Crippen LogP contribution in [0.25, 0.3) is 11.3 Å². The molecule has 1 unspecified atom stereocenters. The van der Waals surface area contributed by atoms with Crippen LogP contribution in [-0.4, -0.2) is 41.0 Å². The summed E-state index contributed by atoms with van der Waals surface area (Å²) in [6.45, 7) is 1.37. The minimum absolute atomic E-state index is 0.0886. The number of aryl methyl sites for hydroxylation is 1. The van der Waals surface area contributed by atoms with Gasteiger partial charge in [-0.05, 0) is 49.1 Å². The first-order valence-electron chi connectivity index (χ1n) is 10.6. The summed E-state index contributed by atoms with van der Waals surface area (Å²) >= 11 is 0. The van der Waals surface area contributed by atoms with Gasteiger partial charge in [0.1, 0.15) is 11.6 Å². The smallest absolute Gasteiger partial charge is 0.222 e. The van der Waals surface area contributed by atoms with E-state index in [1.54, 1.807) is 25.6 Å². The van der Waals surface area contributed by atoms with Gasteiger partial charge in [-0.1, -0.05) is 24.3 Å². The molecule has 4 rings (SSSR count). The summed E-state index contributed by atoms with van der Waals surface area (Å²) in [6.07, 6.45) is 6.31. The minimum atomic E-state index is -0.298. The van der Waals surface area contributed by atoms with Gasteiger partial charge in [-0.2, -0.15) is 0 Å². The number of likely N-dealkylation sites (tertiary alicyclic amines) is 1. The molecule has 0 spiro atoms. The van der Waals surface area contributed by atoms with E-state index < -0.39 is 0 Å². The fourth-order valence-corrected chi connectivity index (χ4v) is 4.13. The standard InChI is InChI=1S/C25H26FN3O2/c1-31-22-10-7-18(8-11-22)9-12-23(30)29-15-3-5-20(17-29)25-24(27-13-14-28-25)19-4-2-6-21(26)16-19/h2,4,6-8,10-11,13-14,16,20H,3,5,9,12,15,17H2,1H3. The predicted molar refractivity (Wildman–Crippen MR) is 117 cm³/mol. The van der Waals surface area contributed by atoms with Crippen molar-refractivity contribution in [2.75, 3.05) is 20.2 Å². The molecule has 0 bridgehead atoms. The van der Waals surface area contributed by atoms with Crippen molar-refractivity contribution in [2.45, 2.75) is 31.6 Å². The van der Waals surface area contributed by atoms with E-state index in [2.05, 4.69) is 9.97 Å². The van der Waals surface area contributed by atoms with Crippen molar-refractivity contribution >= 4 is 5.91 Å². The molecular weight excluding hydrogens is 393 g/mol. The highest BCUT2D eigenvalue weighted by atomic mass is 19.1. The molecule has 1 aliphatic heterocycles. The Balaban J connectivity index is 1.44. The van der Waals surface area contributed by atoms with Gasteiger partial charge in [0.15, 0.2) is 0 Å². The molecule has 0 aliphatic carbocycles. The lowest BCUT2D eigenvalue weighted by Gasteiger charge is -2.33. The van der Waals surface area contributed by atoms with Crippen molar-refractivity contribution in [3.63, 3.8) is 0 Å². The molecule has 1 amide bonds. The van der Waals surface area contributed by atoms with Crippen LogP contribution in [0.4, 0.5) is 4.39 Å². The molecule has 0 radical (unpaired) electrons. The average Bonchev–Trinajstić information content (AvgIpc) is 2.83. The monoisotopic (exact) mass is 419 g/mol. The number of aromatic nitrogens is 2. The van der Waals surface area contributed by atoms with E-state index in [1.807, 2.05) is 35.2 Å². The molecule has 0 N–H and O–H groups in total. The molecule has 3 aromatic rings. The highest BCUT2D eigenvalue weighted by Crippen LogP contribution is 2.32. The fraction of sp³-hybridized carbons (Fsp3) is 0.320. The third-order valence-electron chi connectivity index (χ3n) is 5.77. The van der Waals surface area contributed by atoms with Crippen molar-refractivity contribution in [1.82, 2.24) is 14.9 Å². The number of hydrogen-bond acceptors (Lipinski definition) is 4. The highest BCUT2D eigenvalue weighted by molar-refractivity contribution is 5.76. The Bertz CT molecular complexity index is 1040. The molecule has 1 aliphatic rings. The van der Waals surface area contributed by atoms with Gasteiger partial charge in [0.2, 0.25) is 5.91 Å². The van der Waals surface area contributed by atoms with E-state index in [1.165, 1.54) is 12.1 Å². The Morgan fingerprint density at radius 2 is 1.97 bits per heavy atom. The second-order valence-corrected chi connectivity index (χ2v) is 7.83. The second-order valence-electron chi connectivity index (χ2n) is 7.83. The minimum Gasteiger partial charge on any atom is -0.497 e. The Kier molecular flexibility index (Phi) is 6.55. The zero-order valence-electron chi connectivity index (χ0n) is 17.6. The van der Waals surface area contributed by atoms with Gasteiger partial charge in [0.05, 0.1) is 18.5 Å². The van der Waals surface area contributed by atoms with E-state index in [0.29, 0.717) is 30.6 Å². The summed E-state index contributed by atoms with van der Waals surface area (Å²) < 4.78 is 18.9. The Morgan fingerprint density at radius 1 is 1.16 bits per heavy atom. The number of rotatable bonds is 6. The zero-order valence-corrected chi connectivity index (χ0v) is 17.6. The summed E-state index contributed by atoms with van der Waals surface area (Å²) in [5.41, 5.74) is 3.36. The number of nitrogens with zero attached hydrogens (tertiary/aromatic N) is 3. The molecule has 1 saturated heterocycles. The summed E-state index contributed by atoms with van der Waals surface area (Å²) in [6, 6.07) is 14.2. The van der Waals surface area contributed by atoms with Gasteiger partial charge >= 0.3 is 0 Å². The maximum atomic E-state index is 13.8. The number of methoxy groups -OCH3 is 1. The van der Waals surface area contributed by atoms with Crippen LogP contribution in [0.2, 0.25) is 0 Å². The lowest BCUT2D eigenvalue weighted by molar-refractivity contribution is -0.132. The van der Waals surface area contributed by atoms with E-state index in [9.17, 15) is 9.18 Å². The van der Waals surface area contributed by atoms with Crippen LogP contribution in [0.1, 0.15) is 36.4 Å². The van der Waals surface area contributed by atoms with Gasteiger partial charge in [-0.25, -0.2) is 4.39 Å². The topological polar surface area (TPSA) is 55.3 Å². The van der Waals surface area contributed by atoms with Crippen molar-refractivity contribution in [3.05, 3.63) is 78.0 Å². The molecule has 5 nitrogen and oxygen atoms in total. The van der Waals surface area contributed by atoms with E-state index in [0.717, 1.165) is 36.4 Å². The number of benzene rings is 2. The van der Waals surface area contributed by atoms with Crippen LogP contribution < -0.4 is 4.74 Å². The van der Waals surface area contributed by atoms with Crippen LogP contribution in [-0.2, 0) is 11.2 Å². The van der Waals surface area contributed by atoms with E-state index >= 15 is 0 Å². The normalized spacial score (nSPS) is 16.2. The molecule has 2 heterocycles. The molecule has 31 heavy (non-hydrogen) atoms. The Hall–Kier alpha value is -3.28. The van der Waals surface area contributed by atoms with Crippen LogP contribution in [0.15, 0.2) is 60.9 Å². The number of amides is 1. The van der Waals surface area contributed by atoms with Gasteiger partial charge < -0.3 is 9.64 Å². The van der Waals surface area contributed by atoms with Crippen LogP contribution >= 0.6 is 0 Å². The lowest BCUT2D eigenvalue weighted by Crippen LogP contribution is -2.39. The van der Waals surface area contributed by atoms with Crippen molar-refractivity contribution < 1.29 is 13.9 Å². The molecule has 1 atom stereocenters. The van der Waals surface area contributed by atoms with Gasteiger partial charge in [0, 0.05) is 43.4 Å². The van der Waals surface area contributed by atoms with Gasteiger partial charge in [-0.15, -0.1) is 0 Å². The number of halogens is 1. The molecule has 0 saturated carbocycles. The number of piperidine rings is 1. The molecule has 6 heteroatoms. The first-order valence-corrected chi connectivity index (χ1v) is 10.6. The second kappa shape index (κ2) is 9.69. The molecule has 1 fully saturated rings. The Labute approximate surface area is 181 Å². The first-order chi connectivity index (χ1) is 15.1. The van der Waals surface area contributed by atoms with Gasteiger partial charge in [0.25, 0.3) is 0 Å². The fourth-order valence-electron chi connectivity index (χ4n) is 4.13. The zero-order chi connectivity index (χ0) is 21.6. The maximum absolute atomic E-state index is 13.8. The summed E-state index contributed by atoms with van der Waals surface area (Å²) in [7, 11) is 1.64. The molecule has 160 valence electrons. The average molecular weight is 420 g/mol. The van der Waals surface area contributed by atoms with E-state index in [4.69, 9.17) is 4.74 Å². The highest BCUT2D eigenvalue weighted by Gasteiger charge is 2.27. The van der Waals surface area contributed by atoms with Crippen molar-refractivity contribution in [2.24, 2.45) is 0 Å². The van der Waals surface area contributed by atoms with Crippen LogP contribution in [0, 0.1) is 5.82 Å². The van der Waals surface area contributed by atoms with Crippen molar-refractivity contribution in [1.29, 1.82) is 0 Å². The quantitative estimate of drug-likeness (QED) is 0.585. The number of ether oxygens (including phenoxy) is 1. The SMILES string of the molecule is COc1ccc(CCC(=O)N2CCCC(c3nccnc3-c3cccc(F)c3)C2)cc1. The number of hydrogen-bond donors (Lipinski definition) is 0. The summed E-state index contributed by atoms with van der Waals surface area (Å²) in [4.78, 5) is 23.9. The molecule has 2 aromatic carbocycles. The predicted octanol–water partition coefficient (Wildman–Crippen LogP) is 4.63.